The third-order valence-corrected chi connectivity index (χ3v) is 3.06. The summed E-state index contributed by atoms with van der Waals surface area (Å²) in [6.07, 6.45) is -3.33. The SMILES string of the molecule is CCOC(=O)c1c(C)nn(-c2ncccc2C(F)(F)F)c1C. The van der Waals surface area contributed by atoms with Gasteiger partial charge in [0.1, 0.15) is 11.1 Å². The third-order valence-electron chi connectivity index (χ3n) is 3.06. The van der Waals surface area contributed by atoms with Crippen LogP contribution in [0.2, 0.25) is 0 Å². The molecule has 8 heteroatoms. The molecule has 0 N–H and O–H groups in total. The summed E-state index contributed by atoms with van der Waals surface area (Å²) in [4.78, 5) is 15.7. The van der Waals surface area contributed by atoms with E-state index >= 15 is 0 Å². The molecule has 0 spiro atoms. The number of ether oxygens (including phenoxy) is 1. The van der Waals surface area contributed by atoms with Crippen LogP contribution in [0.1, 0.15) is 34.2 Å². The lowest BCUT2D eigenvalue weighted by Crippen LogP contribution is -2.14. The first-order chi connectivity index (χ1) is 10.3. The lowest BCUT2D eigenvalue weighted by atomic mass is 10.2. The topological polar surface area (TPSA) is 57.0 Å². The van der Waals surface area contributed by atoms with Crippen molar-refractivity contribution in [3.05, 3.63) is 40.8 Å². The number of nitrogens with zero attached hydrogens (tertiary/aromatic N) is 3. The van der Waals surface area contributed by atoms with E-state index in [0.717, 1.165) is 10.7 Å². The Morgan fingerprint density at radius 3 is 2.64 bits per heavy atom. The van der Waals surface area contributed by atoms with Gasteiger partial charge in [0.05, 0.1) is 18.0 Å². The first-order valence-corrected chi connectivity index (χ1v) is 6.53. The average Bonchev–Trinajstić information content (AvgIpc) is 2.73. The third kappa shape index (κ3) is 2.81. The number of carbonyl (C=O) groups excluding carboxylic acids is 1. The van der Waals surface area contributed by atoms with E-state index in [1.165, 1.54) is 26.1 Å². The van der Waals surface area contributed by atoms with E-state index < -0.39 is 17.7 Å². The fourth-order valence-corrected chi connectivity index (χ4v) is 2.13. The molecule has 2 heterocycles. The second-order valence-electron chi connectivity index (χ2n) is 4.55. The highest BCUT2D eigenvalue weighted by atomic mass is 19.4. The summed E-state index contributed by atoms with van der Waals surface area (Å²) in [5, 5.41) is 4.01. The molecule has 0 fully saturated rings. The number of pyridine rings is 1. The van der Waals surface area contributed by atoms with E-state index in [4.69, 9.17) is 4.74 Å². The molecule has 0 aliphatic heterocycles. The zero-order valence-corrected chi connectivity index (χ0v) is 12.2. The van der Waals surface area contributed by atoms with Crippen LogP contribution in [0.3, 0.4) is 0 Å². The molecule has 0 aliphatic carbocycles. The Kier molecular flexibility index (Phi) is 4.20. The minimum atomic E-state index is -4.57. The Hall–Kier alpha value is -2.38. The van der Waals surface area contributed by atoms with Crippen molar-refractivity contribution in [2.45, 2.75) is 26.9 Å². The number of aryl methyl sites for hydroxylation is 1. The summed E-state index contributed by atoms with van der Waals surface area (Å²) >= 11 is 0. The van der Waals surface area contributed by atoms with E-state index in [9.17, 15) is 18.0 Å². The van der Waals surface area contributed by atoms with Crippen LogP contribution in [0.15, 0.2) is 18.3 Å². The molecular weight excluding hydrogens is 299 g/mol. The van der Waals surface area contributed by atoms with Gasteiger partial charge in [-0.3, -0.25) is 0 Å². The highest BCUT2D eigenvalue weighted by Gasteiger charge is 2.35. The van der Waals surface area contributed by atoms with Crippen molar-refractivity contribution < 1.29 is 22.7 Å². The summed E-state index contributed by atoms with van der Waals surface area (Å²) in [5.41, 5.74) is -0.230. The molecule has 0 aliphatic rings. The van der Waals surface area contributed by atoms with E-state index in [1.807, 2.05) is 0 Å². The van der Waals surface area contributed by atoms with E-state index in [-0.39, 0.29) is 29.4 Å². The predicted octanol–water partition coefficient (Wildman–Crippen LogP) is 3.08. The first kappa shape index (κ1) is 16.0. The Balaban J connectivity index is 2.61. The van der Waals surface area contributed by atoms with Crippen LogP contribution in [0.4, 0.5) is 13.2 Å². The van der Waals surface area contributed by atoms with Crippen molar-refractivity contribution in [1.29, 1.82) is 0 Å². The van der Waals surface area contributed by atoms with E-state index in [2.05, 4.69) is 10.1 Å². The summed E-state index contributed by atoms with van der Waals surface area (Å²) < 4.78 is 45.2. The highest BCUT2D eigenvalue weighted by molar-refractivity contribution is 5.92. The Morgan fingerprint density at radius 1 is 1.36 bits per heavy atom. The maximum Gasteiger partial charge on any atom is 0.420 e. The summed E-state index contributed by atoms with van der Waals surface area (Å²) in [6.45, 7) is 4.85. The van der Waals surface area contributed by atoms with Gasteiger partial charge in [-0.15, -0.1) is 0 Å². The van der Waals surface area contributed by atoms with Crippen LogP contribution in [0.5, 0.6) is 0 Å². The maximum atomic E-state index is 13.1. The molecular formula is C14H14F3N3O2. The van der Waals surface area contributed by atoms with Gasteiger partial charge < -0.3 is 4.74 Å². The predicted molar refractivity (Wildman–Crippen MR) is 71.8 cm³/mol. The monoisotopic (exact) mass is 313 g/mol. The molecule has 0 atom stereocenters. The van der Waals surface area contributed by atoms with Gasteiger partial charge >= 0.3 is 12.1 Å². The zero-order chi connectivity index (χ0) is 16.5. The van der Waals surface area contributed by atoms with E-state index in [1.54, 1.807) is 6.92 Å². The molecule has 118 valence electrons. The van der Waals surface area contributed by atoms with Crippen molar-refractivity contribution in [3.8, 4) is 5.82 Å². The minimum Gasteiger partial charge on any atom is -0.462 e. The largest absolute Gasteiger partial charge is 0.462 e. The van der Waals surface area contributed by atoms with Gasteiger partial charge in [0.2, 0.25) is 0 Å². The lowest BCUT2D eigenvalue weighted by Gasteiger charge is -2.12. The molecule has 0 bridgehead atoms. The molecule has 5 nitrogen and oxygen atoms in total. The van der Waals surface area contributed by atoms with Crippen LogP contribution in [-0.4, -0.2) is 27.3 Å². The quantitative estimate of drug-likeness (QED) is 0.817. The molecule has 2 aromatic rings. The fraction of sp³-hybridized carbons (Fsp3) is 0.357. The number of aromatic nitrogens is 3. The smallest absolute Gasteiger partial charge is 0.420 e. The molecule has 0 amide bonds. The van der Waals surface area contributed by atoms with Crippen molar-refractivity contribution in [1.82, 2.24) is 14.8 Å². The van der Waals surface area contributed by atoms with Gasteiger partial charge in [-0.25, -0.2) is 14.5 Å². The summed E-state index contributed by atoms with van der Waals surface area (Å²) in [7, 11) is 0. The van der Waals surface area contributed by atoms with Crippen molar-refractivity contribution >= 4 is 5.97 Å². The summed E-state index contributed by atoms with van der Waals surface area (Å²) in [5.74, 6) is -0.987. The summed E-state index contributed by atoms with van der Waals surface area (Å²) in [6, 6.07) is 2.12. The number of carbonyl (C=O) groups is 1. The van der Waals surface area contributed by atoms with Crippen molar-refractivity contribution in [2.24, 2.45) is 0 Å². The molecule has 0 saturated heterocycles. The number of esters is 1. The van der Waals surface area contributed by atoms with Crippen LogP contribution in [-0.2, 0) is 10.9 Å². The van der Waals surface area contributed by atoms with Gasteiger partial charge in [-0.05, 0) is 32.9 Å². The normalized spacial score (nSPS) is 11.5. The number of alkyl halides is 3. The molecule has 2 rings (SSSR count). The molecule has 0 unspecified atom stereocenters. The van der Waals surface area contributed by atoms with Crippen LogP contribution >= 0.6 is 0 Å². The second kappa shape index (κ2) is 5.78. The first-order valence-electron chi connectivity index (χ1n) is 6.53. The minimum absolute atomic E-state index is 0.153. The highest BCUT2D eigenvalue weighted by Crippen LogP contribution is 2.33. The van der Waals surface area contributed by atoms with Gasteiger partial charge in [-0.1, -0.05) is 0 Å². The second-order valence-corrected chi connectivity index (χ2v) is 4.55. The van der Waals surface area contributed by atoms with Gasteiger partial charge in [0, 0.05) is 6.20 Å². The van der Waals surface area contributed by atoms with Crippen LogP contribution in [0.25, 0.3) is 5.82 Å². The fourth-order valence-electron chi connectivity index (χ4n) is 2.13. The van der Waals surface area contributed by atoms with Crippen LogP contribution < -0.4 is 0 Å². The standard InChI is InChI=1S/C14H14F3N3O2/c1-4-22-13(21)11-8(2)19-20(9(11)3)12-10(14(15,16)17)6-5-7-18-12/h5-7H,4H2,1-3H3. The molecule has 0 aromatic carbocycles. The van der Waals surface area contributed by atoms with Gasteiger partial charge in [0.15, 0.2) is 5.82 Å². The number of hydrogen-bond acceptors (Lipinski definition) is 4. The average molecular weight is 313 g/mol. The Bertz CT molecular complexity index is 708. The Morgan fingerprint density at radius 2 is 2.05 bits per heavy atom. The molecule has 22 heavy (non-hydrogen) atoms. The van der Waals surface area contributed by atoms with E-state index in [0.29, 0.717) is 0 Å². The van der Waals surface area contributed by atoms with Crippen molar-refractivity contribution in [3.63, 3.8) is 0 Å². The maximum absolute atomic E-state index is 13.1. The molecule has 0 saturated carbocycles. The zero-order valence-electron chi connectivity index (χ0n) is 12.2. The lowest BCUT2D eigenvalue weighted by molar-refractivity contribution is -0.137. The van der Waals surface area contributed by atoms with Crippen molar-refractivity contribution in [2.75, 3.05) is 6.61 Å². The number of halogens is 3. The molecule has 2 aromatic heterocycles. The number of hydrogen-bond donors (Lipinski definition) is 0. The number of rotatable bonds is 3. The van der Waals surface area contributed by atoms with Gasteiger partial charge in [-0.2, -0.15) is 18.3 Å². The van der Waals surface area contributed by atoms with Crippen LogP contribution in [0, 0.1) is 13.8 Å². The van der Waals surface area contributed by atoms with Gasteiger partial charge in [0.25, 0.3) is 0 Å². The molecule has 0 radical (unpaired) electrons. The Labute approximate surface area is 124 Å².